The molecule has 110 valence electrons. The molecule has 0 aromatic heterocycles. The quantitative estimate of drug-likeness (QED) is 0.337. The number of ether oxygens (including phenoxy) is 2. The summed E-state index contributed by atoms with van der Waals surface area (Å²) in [4.78, 5) is 15.7. The van der Waals surface area contributed by atoms with Crippen molar-refractivity contribution in [2.75, 3.05) is 53.2 Å². The Morgan fingerprint density at radius 3 is 2.28 bits per heavy atom. The van der Waals surface area contributed by atoms with Crippen LogP contribution in [0, 0.1) is 0 Å². The van der Waals surface area contributed by atoms with Gasteiger partial charge < -0.3 is 20.5 Å². The first kappa shape index (κ1) is 19.6. The van der Waals surface area contributed by atoms with Crippen molar-refractivity contribution in [2.24, 2.45) is 5.73 Å². The summed E-state index contributed by atoms with van der Waals surface area (Å²) in [7, 11) is 1.59. The summed E-state index contributed by atoms with van der Waals surface area (Å²) in [6.07, 6.45) is 0. The Kier molecular flexibility index (Phi) is 20.3. The Morgan fingerprint density at radius 2 is 1.72 bits per heavy atom. The maximum absolute atomic E-state index is 11.0. The van der Waals surface area contributed by atoms with E-state index in [1.807, 2.05) is 13.8 Å². The molecule has 0 atom stereocenters. The highest BCUT2D eigenvalue weighted by Gasteiger charge is 1.99. The molecule has 0 saturated carbocycles. The number of carbonyl (C=O) groups is 1. The number of rotatable bonds is 11. The second kappa shape index (κ2) is 18.6. The fourth-order valence-corrected chi connectivity index (χ4v) is 0.857. The zero-order valence-electron chi connectivity index (χ0n) is 11.7. The van der Waals surface area contributed by atoms with Crippen LogP contribution in [0.4, 0.5) is 0 Å². The highest BCUT2D eigenvalue weighted by molar-refractivity contribution is 5.77. The van der Waals surface area contributed by atoms with E-state index in [9.17, 15) is 4.79 Å². The number of hydroxylamine groups is 1. The third-order valence-corrected chi connectivity index (χ3v) is 1.55. The van der Waals surface area contributed by atoms with Gasteiger partial charge in [-0.3, -0.25) is 9.63 Å². The molecular weight excluding hydrogens is 238 g/mol. The summed E-state index contributed by atoms with van der Waals surface area (Å²) in [6, 6.07) is 0. The molecule has 0 aliphatic rings. The lowest BCUT2D eigenvalue weighted by atomic mass is 10.6. The Bertz CT molecular complexity index is 170. The lowest BCUT2D eigenvalue weighted by Crippen LogP contribution is -2.32. The highest BCUT2D eigenvalue weighted by atomic mass is 16.6. The van der Waals surface area contributed by atoms with Crippen molar-refractivity contribution in [3.05, 3.63) is 0 Å². The molecule has 0 aromatic carbocycles. The Balaban J connectivity index is 0. The Hall–Kier alpha value is -0.730. The first-order chi connectivity index (χ1) is 8.81. The van der Waals surface area contributed by atoms with Crippen LogP contribution in [0.25, 0.3) is 0 Å². The van der Waals surface area contributed by atoms with Crippen molar-refractivity contribution in [3.8, 4) is 0 Å². The van der Waals surface area contributed by atoms with Crippen LogP contribution in [-0.4, -0.2) is 59.1 Å². The van der Waals surface area contributed by atoms with E-state index < -0.39 is 0 Å². The second-order valence-electron chi connectivity index (χ2n) is 2.86. The van der Waals surface area contributed by atoms with Gasteiger partial charge in [-0.2, -0.15) is 0 Å². The molecule has 1 amide bonds. The molecule has 0 unspecified atom stereocenters. The summed E-state index contributed by atoms with van der Waals surface area (Å²) in [5, 5.41) is 2.63. The van der Waals surface area contributed by atoms with Gasteiger partial charge in [0.2, 0.25) is 5.91 Å². The minimum Gasteiger partial charge on any atom is -0.378 e. The van der Waals surface area contributed by atoms with Gasteiger partial charge in [0.15, 0.2) is 0 Å². The lowest BCUT2D eigenvalue weighted by molar-refractivity contribution is -0.128. The number of hydrogen-bond donors (Lipinski definition) is 3. The molecular formula is C11H27N3O4. The van der Waals surface area contributed by atoms with E-state index in [2.05, 4.69) is 15.6 Å². The van der Waals surface area contributed by atoms with Crippen molar-refractivity contribution in [2.45, 2.75) is 13.8 Å². The summed E-state index contributed by atoms with van der Waals surface area (Å²) < 4.78 is 10.3. The maximum atomic E-state index is 11.0. The van der Waals surface area contributed by atoms with Crippen molar-refractivity contribution in [3.63, 3.8) is 0 Å². The normalized spacial score (nSPS) is 9.56. The number of carbonyl (C=O) groups excluding carboxylic acids is 1. The van der Waals surface area contributed by atoms with Crippen molar-refractivity contribution >= 4 is 5.91 Å². The summed E-state index contributed by atoms with van der Waals surface area (Å²) in [5.74, 6) is -0.183. The molecule has 0 rings (SSSR count). The minimum atomic E-state index is -0.183. The van der Waals surface area contributed by atoms with Crippen LogP contribution in [0.1, 0.15) is 13.8 Å². The zero-order chi connectivity index (χ0) is 14.1. The SMILES string of the molecule is CC.CNOCC(=O)NCCOCCOCCN. The topological polar surface area (TPSA) is 94.8 Å². The maximum Gasteiger partial charge on any atom is 0.248 e. The second-order valence-corrected chi connectivity index (χ2v) is 2.86. The Labute approximate surface area is 109 Å². The number of hydrogen-bond acceptors (Lipinski definition) is 6. The van der Waals surface area contributed by atoms with Gasteiger partial charge in [-0.05, 0) is 0 Å². The summed E-state index contributed by atoms with van der Waals surface area (Å²) >= 11 is 0. The van der Waals surface area contributed by atoms with Gasteiger partial charge >= 0.3 is 0 Å². The lowest BCUT2D eigenvalue weighted by Gasteiger charge is -2.06. The zero-order valence-corrected chi connectivity index (χ0v) is 11.7. The molecule has 0 bridgehead atoms. The molecule has 7 nitrogen and oxygen atoms in total. The van der Waals surface area contributed by atoms with E-state index in [1.54, 1.807) is 7.05 Å². The van der Waals surface area contributed by atoms with Crippen LogP contribution in [0.15, 0.2) is 0 Å². The van der Waals surface area contributed by atoms with Crippen LogP contribution in [0.3, 0.4) is 0 Å². The molecule has 0 aromatic rings. The largest absolute Gasteiger partial charge is 0.378 e. The summed E-state index contributed by atoms with van der Waals surface area (Å²) in [6.45, 7) is 7.00. The first-order valence-electron chi connectivity index (χ1n) is 6.22. The van der Waals surface area contributed by atoms with Crippen LogP contribution < -0.4 is 16.5 Å². The molecule has 0 heterocycles. The smallest absolute Gasteiger partial charge is 0.248 e. The first-order valence-corrected chi connectivity index (χ1v) is 6.22. The van der Waals surface area contributed by atoms with Crippen molar-refractivity contribution in [1.29, 1.82) is 0 Å². The number of nitrogens with one attached hydrogen (secondary N) is 2. The molecule has 7 heteroatoms. The van der Waals surface area contributed by atoms with E-state index in [0.717, 1.165) is 0 Å². The van der Waals surface area contributed by atoms with Gasteiger partial charge in [-0.15, -0.1) is 0 Å². The minimum absolute atomic E-state index is 0.00386. The highest BCUT2D eigenvalue weighted by Crippen LogP contribution is 1.77. The molecule has 0 aliphatic heterocycles. The van der Waals surface area contributed by atoms with E-state index in [0.29, 0.717) is 39.5 Å². The fraction of sp³-hybridized carbons (Fsp3) is 0.909. The third-order valence-electron chi connectivity index (χ3n) is 1.55. The van der Waals surface area contributed by atoms with Crippen LogP contribution >= 0.6 is 0 Å². The average molecular weight is 265 g/mol. The standard InChI is InChI=1S/C9H21N3O4.C2H6/c1-11-16-8-9(13)12-3-5-15-7-6-14-4-2-10;1-2/h11H,2-8,10H2,1H3,(H,12,13);1-2H3. The van der Waals surface area contributed by atoms with Crippen molar-refractivity contribution in [1.82, 2.24) is 10.8 Å². The number of nitrogens with two attached hydrogens (primary N) is 1. The predicted molar refractivity (Wildman–Crippen MR) is 70.1 cm³/mol. The van der Waals surface area contributed by atoms with E-state index in [4.69, 9.17) is 15.2 Å². The molecule has 18 heavy (non-hydrogen) atoms. The van der Waals surface area contributed by atoms with Gasteiger partial charge in [0.1, 0.15) is 6.61 Å². The average Bonchev–Trinajstić information content (AvgIpc) is 2.41. The van der Waals surface area contributed by atoms with E-state index in [-0.39, 0.29) is 12.5 Å². The van der Waals surface area contributed by atoms with Gasteiger partial charge in [0.25, 0.3) is 0 Å². The van der Waals surface area contributed by atoms with Crippen LogP contribution in [0.2, 0.25) is 0 Å². The molecule has 0 spiro atoms. The Morgan fingerprint density at radius 1 is 1.11 bits per heavy atom. The van der Waals surface area contributed by atoms with E-state index in [1.165, 1.54) is 0 Å². The van der Waals surface area contributed by atoms with Gasteiger partial charge in [0, 0.05) is 20.1 Å². The van der Waals surface area contributed by atoms with Crippen LogP contribution in [0.5, 0.6) is 0 Å². The van der Waals surface area contributed by atoms with Crippen LogP contribution in [-0.2, 0) is 19.1 Å². The number of amides is 1. The molecule has 0 fully saturated rings. The van der Waals surface area contributed by atoms with Gasteiger partial charge in [-0.25, -0.2) is 5.48 Å². The molecule has 0 radical (unpaired) electrons. The molecule has 4 N–H and O–H groups in total. The third kappa shape index (κ3) is 17.7. The van der Waals surface area contributed by atoms with E-state index >= 15 is 0 Å². The van der Waals surface area contributed by atoms with Gasteiger partial charge in [-0.1, -0.05) is 13.8 Å². The fourth-order valence-electron chi connectivity index (χ4n) is 0.857. The van der Waals surface area contributed by atoms with Crippen molar-refractivity contribution < 1.29 is 19.1 Å². The predicted octanol–water partition coefficient (Wildman–Crippen LogP) is -0.728. The summed E-state index contributed by atoms with van der Waals surface area (Å²) in [5.41, 5.74) is 7.64. The van der Waals surface area contributed by atoms with Gasteiger partial charge in [0.05, 0.1) is 26.4 Å². The molecule has 0 aliphatic carbocycles. The molecule has 0 saturated heterocycles. The monoisotopic (exact) mass is 265 g/mol.